The maximum atomic E-state index is 13.7. The number of rotatable bonds is 13. The molecule has 0 unspecified atom stereocenters. The number of hydrogen-bond acceptors (Lipinski definition) is 11. The van der Waals surface area contributed by atoms with Crippen LogP contribution in [0.3, 0.4) is 0 Å². The summed E-state index contributed by atoms with van der Waals surface area (Å²) in [5.41, 5.74) is -2.17. The first-order valence-electron chi connectivity index (χ1n) is 13.7. The molecule has 6 atom stereocenters. The minimum atomic E-state index is -1.67. The van der Waals surface area contributed by atoms with Crippen LogP contribution in [-0.2, 0) is 47.6 Å². The Morgan fingerprint density at radius 1 is 0.975 bits per heavy atom. The number of aliphatic hydroxyl groups excluding tert-OH is 1. The van der Waals surface area contributed by atoms with Crippen molar-refractivity contribution in [3.63, 3.8) is 0 Å². The lowest BCUT2D eigenvalue weighted by atomic mass is 9.44. The highest BCUT2D eigenvalue weighted by Crippen LogP contribution is 2.63. The average Bonchev–Trinajstić information content (AvgIpc) is 2.84. The zero-order valence-corrected chi connectivity index (χ0v) is 25.9. The van der Waals surface area contributed by atoms with Gasteiger partial charge in [0.05, 0.1) is 20.3 Å². The zero-order chi connectivity index (χ0) is 30.3. The van der Waals surface area contributed by atoms with Crippen LogP contribution in [0.4, 0.5) is 0 Å². The highest BCUT2D eigenvalue weighted by molar-refractivity contribution is 6.76. The van der Waals surface area contributed by atoms with Gasteiger partial charge in [0.2, 0.25) is 0 Å². The summed E-state index contributed by atoms with van der Waals surface area (Å²) in [6.45, 7) is 14.2. The maximum absolute atomic E-state index is 13.7. The third kappa shape index (κ3) is 7.51. The number of ether oxygens (including phenoxy) is 6. The minimum Gasteiger partial charge on any atom is -0.468 e. The number of aliphatic hydroxyl groups is 1. The molecule has 2 saturated carbocycles. The molecule has 228 valence electrons. The fraction of sp³-hybridized carbons (Fsp3) is 0.786. The van der Waals surface area contributed by atoms with E-state index in [1.165, 1.54) is 27.9 Å². The smallest absolute Gasteiger partial charge is 0.319 e. The van der Waals surface area contributed by atoms with Crippen molar-refractivity contribution in [2.45, 2.75) is 77.9 Å². The van der Waals surface area contributed by atoms with E-state index in [2.05, 4.69) is 26.2 Å². The molecule has 0 saturated heterocycles. The summed E-state index contributed by atoms with van der Waals surface area (Å²) in [4.78, 5) is 50.4. The van der Waals surface area contributed by atoms with Crippen LogP contribution in [0.5, 0.6) is 0 Å². The van der Waals surface area contributed by atoms with E-state index >= 15 is 0 Å². The van der Waals surface area contributed by atoms with Crippen molar-refractivity contribution in [3.8, 4) is 0 Å². The molecule has 0 spiro atoms. The second-order valence-corrected chi connectivity index (χ2v) is 17.6. The van der Waals surface area contributed by atoms with Crippen molar-refractivity contribution < 1.29 is 52.7 Å². The van der Waals surface area contributed by atoms with Gasteiger partial charge in [-0.3, -0.25) is 19.2 Å². The summed E-state index contributed by atoms with van der Waals surface area (Å²) in [6, 6.07) is 0.939. The Morgan fingerprint density at radius 2 is 1.60 bits per heavy atom. The van der Waals surface area contributed by atoms with Crippen LogP contribution in [0, 0.1) is 22.7 Å². The van der Waals surface area contributed by atoms with E-state index in [1.807, 2.05) is 0 Å². The zero-order valence-electron chi connectivity index (χ0n) is 24.9. The number of carbonyl (C=O) groups is 4. The van der Waals surface area contributed by atoms with Gasteiger partial charge in [0.1, 0.15) is 31.0 Å². The lowest BCUT2D eigenvalue weighted by molar-refractivity contribution is -0.257. The fourth-order valence-electron chi connectivity index (χ4n) is 6.39. The van der Waals surface area contributed by atoms with Crippen LogP contribution < -0.4 is 0 Å². The number of hydrogen-bond donors (Lipinski definition) is 1. The second-order valence-electron chi connectivity index (χ2n) is 12.0. The fourth-order valence-corrected chi connectivity index (χ4v) is 7.14. The quantitative estimate of drug-likeness (QED) is 0.0849. The Labute approximate surface area is 237 Å². The van der Waals surface area contributed by atoms with Crippen LogP contribution in [0.15, 0.2) is 12.2 Å². The predicted molar refractivity (Wildman–Crippen MR) is 147 cm³/mol. The summed E-state index contributed by atoms with van der Waals surface area (Å²) in [6.07, 6.45) is -1.47. The van der Waals surface area contributed by atoms with Crippen LogP contribution >= 0.6 is 0 Å². The molecule has 0 aliphatic heterocycles. The number of carbonyl (C=O) groups excluding carboxylic acids is 4. The number of fused-ring (bicyclic) bond motifs is 1. The van der Waals surface area contributed by atoms with Crippen molar-refractivity contribution in [2.75, 3.05) is 40.3 Å². The third-order valence-electron chi connectivity index (χ3n) is 8.16. The van der Waals surface area contributed by atoms with Gasteiger partial charge in [0, 0.05) is 53.2 Å². The van der Waals surface area contributed by atoms with Gasteiger partial charge in [-0.1, -0.05) is 31.8 Å². The molecule has 0 amide bonds. The van der Waals surface area contributed by atoms with Gasteiger partial charge in [0.25, 0.3) is 0 Å². The average molecular weight is 587 g/mol. The molecule has 1 N–H and O–H groups in total. The Hall–Kier alpha value is -2.28. The molecule has 2 rings (SSSR count). The van der Waals surface area contributed by atoms with Crippen LogP contribution in [-0.4, -0.2) is 89.6 Å². The normalized spacial score (nSPS) is 30.1. The van der Waals surface area contributed by atoms with E-state index in [9.17, 15) is 24.3 Å². The van der Waals surface area contributed by atoms with E-state index in [-0.39, 0.29) is 26.4 Å². The van der Waals surface area contributed by atoms with E-state index in [1.54, 1.807) is 0 Å². The molecule has 0 bridgehead atoms. The molecule has 0 heterocycles. The summed E-state index contributed by atoms with van der Waals surface area (Å²) < 4.78 is 34.0. The minimum absolute atomic E-state index is 0.0566. The summed E-state index contributed by atoms with van der Waals surface area (Å²) in [5.74, 6) is -4.05. The van der Waals surface area contributed by atoms with Gasteiger partial charge in [-0.2, -0.15) is 0 Å². The summed E-state index contributed by atoms with van der Waals surface area (Å²) in [7, 11) is -0.122. The summed E-state index contributed by atoms with van der Waals surface area (Å²) in [5, 5.41) is 10.7. The molecular weight excluding hydrogens is 540 g/mol. The molecule has 0 radical (unpaired) electrons. The lowest BCUT2D eigenvalue weighted by Gasteiger charge is -2.62. The standard InChI is InChI=1S/C28H46O11Si/c1-18-9-10-23-27(22(18)14-29,15-36-17-35-11-12-40(6,7)8)24(38-20(3)31)13-25(39-21(4)32)28(23,26(33)34-5)16-37-19(2)30/h22-25,29H,1,9-17H2,2-8H3/t22-,23+,24-,25+,27+,28+/m0/s1. The van der Waals surface area contributed by atoms with E-state index in [0.29, 0.717) is 25.0 Å². The summed E-state index contributed by atoms with van der Waals surface area (Å²) >= 11 is 0. The molecule has 11 nitrogen and oxygen atoms in total. The van der Waals surface area contributed by atoms with Gasteiger partial charge in [-0.15, -0.1) is 0 Å². The monoisotopic (exact) mass is 586 g/mol. The highest BCUT2D eigenvalue weighted by Gasteiger charge is 2.71. The van der Waals surface area contributed by atoms with Crippen molar-refractivity contribution in [1.29, 1.82) is 0 Å². The van der Waals surface area contributed by atoms with Gasteiger partial charge in [-0.25, -0.2) is 0 Å². The third-order valence-corrected chi connectivity index (χ3v) is 9.87. The second kappa shape index (κ2) is 14.1. The van der Waals surface area contributed by atoms with Crippen molar-refractivity contribution >= 4 is 32.0 Å². The Kier molecular flexibility index (Phi) is 11.9. The van der Waals surface area contributed by atoms with Crippen molar-refractivity contribution in [3.05, 3.63) is 12.2 Å². The first-order valence-corrected chi connectivity index (χ1v) is 17.4. The molecule has 12 heteroatoms. The molecular formula is C28H46O11Si. The van der Waals surface area contributed by atoms with E-state index in [4.69, 9.17) is 28.4 Å². The molecule has 2 aliphatic rings. The van der Waals surface area contributed by atoms with Gasteiger partial charge in [0.15, 0.2) is 0 Å². The van der Waals surface area contributed by atoms with Gasteiger partial charge >= 0.3 is 23.9 Å². The highest BCUT2D eigenvalue weighted by atomic mass is 28.3. The van der Waals surface area contributed by atoms with Gasteiger partial charge < -0.3 is 33.5 Å². The Balaban J connectivity index is 2.68. The molecule has 0 aromatic carbocycles. The van der Waals surface area contributed by atoms with E-state index in [0.717, 1.165) is 6.04 Å². The van der Waals surface area contributed by atoms with Crippen LogP contribution in [0.1, 0.15) is 40.0 Å². The first-order chi connectivity index (χ1) is 18.6. The maximum Gasteiger partial charge on any atom is 0.319 e. The van der Waals surface area contributed by atoms with Gasteiger partial charge in [-0.05, 0) is 24.8 Å². The SMILES string of the molecule is C=C1CC[C@H]2[C@@](COC(C)=O)(C(=O)OC)[C@H](OC(C)=O)C[C@H](OC(C)=O)[C@]2(COCOCC[Si](C)(C)C)[C@H]1CO. The van der Waals surface area contributed by atoms with Crippen LogP contribution in [0.25, 0.3) is 0 Å². The van der Waals surface area contributed by atoms with Crippen LogP contribution in [0.2, 0.25) is 25.7 Å². The van der Waals surface area contributed by atoms with Crippen molar-refractivity contribution in [1.82, 2.24) is 0 Å². The topological polar surface area (TPSA) is 144 Å². The Bertz CT molecular complexity index is 945. The number of methoxy groups -OCH3 is 1. The molecule has 2 aliphatic carbocycles. The van der Waals surface area contributed by atoms with Crippen molar-refractivity contribution in [2.24, 2.45) is 22.7 Å². The Morgan fingerprint density at radius 3 is 2.12 bits per heavy atom. The molecule has 0 aromatic heterocycles. The molecule has 40 heavy (non-hydrogen) atoms. The molecule has 2 fully saturated rings. The predicted octanol–water partition coefficient (Wildman–Crippen LogP) is 2.87. The largest absolute Gasteiger partial charge is 0.468 e. The molecule has 0 aromatic rings. The van der Waals surface area contributed by atoms with E-state index < -0.39 is 73.4 Å². The first kappa shape index (κ1) is 33.9. The lowest BCUT2D eigenvalue weighted by Crippen LogP contribution is -2.71. The number of esters is 4.